The lowest BCUT2D eigenvalue weighted by molar-refractivity contribution is -0.149. The first-order valence-electron chi connectivity index (χ1n) is 8.28. The van der Waals surface area contributed by atoms with Gasteiger partial charge in [0.15, 0.2) is 11.9 Å². The van der Waals surface area contributed by atoms with E-state index >= 15 is 0 Å². The Morgan fingerprint density at radius 1 is 1.08 bits per heavy atom. The topological polar surface area (TPSA) is 72.0 Å². The van der Waals surface area contributed by atoms with E-state index < -0.39 is 6.10 Å². The highest BCUT2D eigenvalue weighted by Crippen LogP contribution is 2.21. The molecule has 0 saturated carbocycles. The second-order valence-electron chi connectivity index (χ2n) is 6.12. The van der Waals surface area contributed by atoms with E-state index in [4.69, 9.17) is 4.74 Å². The van der Waals surface area contributed by atoms with Crippen LogP contribution in [0.25, 0.3) is 10.9 Å². The lowest BCUT2D eigenvalue weighted by Crippen LogP contribution is -2.18. The number of ether oxygens (including phenoxy) is 1. The Labute approximate surface area is 145 Å². The van der Waals surface area contributed by atoms with E-state index in [9.17, 15) is 9.59 Å². The van der Waals surface area contributed by atoms with Crippen molar-refractivity contribution in [2.24, 2.45) is 0 Å². The molecule has 0 bridgehead atoms. The second-order valence-corrected chi connectivity index (χ2v) is 6.12. The Morgan fingerprint density at radius 3 is 2.52 bits per heavy atom. The van der Waals surface area contributed by atoms with Gasteiger partial charge in [0.1, 0.15) is 0 Å². The van der Waals surface area contributed by atoms with Crippen LogP contribution < -0.4 is 5.56 Å². The molecule has 0 aliphatic rings. The SMILES string of the molecule is C[C@H](CC(=O)O[C@H](C)c1nc2ccccc2c(=O)[nH]1)c1ccccc1. The molecule has 0 aliphatic carbocycles. The molecule has 0 unspecified atom stereocenters. The van der Waals surface area contributed by atoms with Gasteiger partial charge < -0.3 is 9.72 Å². The molecule has 1 heterocycles. The average Bonchev–Trinajstić information content (AvgIpc) is 2.62. The highest BCUT2D eigenvalue weighted by molar-refractivity contribution is 5.77. The molecule has 1 aromatic heterocycles. The summed E-state index contributed by atoms with van der Waals surface area (Å²) >= 11 is 0. The monoisotopic (exact) mass is 336 g/mol. The van der Waals surface area contributed by atoms with Crippen molar-refractivity contribution in [2.45, 2.75) is 32.3 Å². The van der Waals surface area contributed by atoms with Crippen LogP contribution >= 0.6 is 0 Å². The molecule has 0 aliphatic heterocycles. The summed E-state index contributed by atoms with van der Waals surface area (Å²) in [6.07, 6.45) is -0.348. The number of nitrogens with zero attached hydrogens (tertiary/aromatic N) is 1. The van der Waals surface area contributed by atoms with Crippen LogP contribution in [0.5, 0.6) is 0 Å². The average molecular weight is 336 g/mol. The highest BCUT2D eigenvalue weighted by atomic mass is 16.5. The van der Waals surface area contributed by atoms with Gasteiger partial charge >= 0.3 is 5.97 Å². The largest absolute Gasteiger partial charge is 0.454 e. The predicted molar refractivity (Wildman–Crippen MR) is 96.3 cm³/mol. The van der Waals surface area contributed by atoms with Crippen molar-refractivity contribution >= 4 is 16.9 Å². The van der Waals surface area contributed by atoms with E-state index in [1.165, 1.54) is 0 Å². The van der Waals surface area contributed by atoms with E-state index in [-0.39, 0.29) is 23.9 Å². The number of nitrogens with one attached hydrogen (secondary N) is 1. The van der Waals surface area contributed by atoms with Crippen LogP contribution in [0.15, 0.2) is 59.4 Å². The smallest absolute Gasteiger partial charge is 0.307 e. The van der Waals surface area contributed by atoms with Crippen LogP contribution in [0.2, 0.25) is 0 Å². The number of benzene rings is 2. The molecule has 0 spiro atoms. The minimum absolute atomic E-state index is 0.0597. The van der Waals surface area contributed by atoms with Gasteiger partial charge in [-0.2, -0.15) is 0 Å². The quantitative estimate of drug-likeness (QED) is 0.721. The Morgan fingerprint density at radius 2 is 1.76 bits per heavy atom. The fourth-order valence-corrected chi connectivity index (χ4v) is 2.75. The molecule has 0 amide bonds. The van der Waals surface area contributed by atoms with Gasteiger partial charge in [-0.25, -0.2) is 4.98 Å². The summed E-state index contributed by atoms with van der Waals surface area (Å²) in [6.45, 7) is 3.69. The van der Waals surface area contributed by atoms with Gasteiger partial charge in [0.05, 0.1) is 17.3 Å². The Balaban J connectivity index is 1.70. The fourth-order valence-electron chi connectivity index (χ4n) is 2.75. The van der Waals surface area contributed by atoms with Crippen LogP contribution in [0.3, 0.4) is 0 Å². The maximum atomic E-state index is 12.2. The summed E-state index contributed by atoms with van der Waals surface area (Å²) < 4.78 is 5.46. The van der Waals surface area contributed by atoms with E-state index in [0.717, 1.165) is 5.56 Å². The number of carbonyl (C=O) groups excluding carboxylic acids is 1. The first-order valence-corrected chi connectivity index (χ1v) is 8.28. The summed E-state index contributed by atoms with van der Waals surface area (Å²) in [5.74, 6) is 0.0913. The van der Waals surface area contributed by atoms with Gasteiger partial charge in [0, 0.05) is 0 Å². The third-order valence-electron chi connectivity index (χ3n) is 4.17. The van der Waals surface area contributed by atoms with E-state index in [1.807, 2.05) is 43.3 Å². The third kappa shape index (κ3) is 3.94. The lowest BCUT2D eigenvalue weighted by atomic mass is 9.98. The molecule has 0 radical (unpaired) electrons. The minimum Gasteiger partial charge on any atom is -0.454 e. The van der Waals surface area contributed by atoms with Crippen molar-refractivity contribution in [2.75, 3.05) is 0 Å². The molecule has 1 N–H and O–H groups in total. The number of hydrogen-bond acceptors (Lipinski definition) is 4. The maximum absolute atomic E-state index is 12.2. The van der Waals surface area contributed by atoms with Crippen molar-refractivity contribution in [1.29, 1.82) is 0 Å². The number of H-pyrrole nitrogens is 1. The van der Waals surface area contributed by atoms with Crippen LogP contribution in [0, 0.1) is 0 Å². The van der Waals surface area contributed by atoms with Crippen molar-refractivity contribution in [1.82, 2.24) is 9.97 Å². The Kier molecular flexibility index (Phi) is 4.93. The van der Waals surface area contributed by atoms with Crippen LogP contribution in [0.4, 0.5) is 0 Å². The van der Waals surface area contributed by atoms with Gasteiger partial charge in [0.2, 0.25) is 0 Å². The summed E-state index contributed by atoms with van der Waals surface area (Å²) in [7, 11) is 0. The third-order valence-corrected chi connectivity index (χ3v) is 4.17. The van der Waals surface area contributed by atoms with Crippen molar-refractivity contribution < 1.29 is 9.53 Å². The molecule has 0 fully saturated rings. The van der Waals surface area contributed by atoms with Gasteiger partial charge in [0.25, 0.3) is 5.56 Å². The molecule has 128 valence electrons. The molecule has 3 aromatic rings. The molecular formula is C20H20N2O3. The summed E-state index contributed by atoms with van der Waals surface area (Å²) in [4.78, 5) is 31.4. The number of aromatic amines is 1. The second kappa shape index (κ2) is 7.30. The highest BCUT2D eigenvalue weighted by Gasteiger charge is 2.18. The van der Waals surface area contributed by atoms with Crippen LogP contribution in [-0.2, 0) is 9.53 Å². The normalized spacial score (nSPS) is 13.4. The molecule has 5 heteroatoms. The fraction of sp³-hybridized carbons (Fsp3) is 0.250. The predicted octanol–water partition coefficient (Wildman–Crippen LogP) is 3.72. The van der Waals surface area contributed by atoms with E-state index in [1.54, 1.807) is 25.1 Å². The molecule has 5 nitrogen and oxygen atoms in total. The van der Waals surface area contributed by atoms with Crippen molar-refractivity contribution in [3.63, 3.8) is 0 Å². The Hall–Kier alpha value is -2.95. The van der Waals surface area contributed by atoms with Gasteiger partial charge in [-0.05, 0) is 30.5 Å². The number of para-hydroxylation sites is 1. The molecule has 2 aromatic carbocycles. The van der Waals surface area contributed by atoms with Gasteiger partial charge in [-0.1, -0.05) is 49.4 Å². The molecule has 3 rings (SSSR count). The standard InChI is InChI=1S/C20H20N2O3/c1-13(15-8-4-3-5-9-15)12-18(23)25-14(2)19-21-17-11-7-6-10-16(17)20(24)22-19/h3-11,13-14H,12H2,1-2H3,(H,21,22,24)/t13-,14-/m1/s1. The zero-order valence-corrected chi connectivity index (χ0v) is 14.2. The number of fused-ring (bicyclic) bond motifs is 1. The Bertz CT molecular complexity index is 934. The molecular weight excluding hydrogens is 316 g/mol. The van der Waals surface area contributed by atoms with Gasteiger partial charge in [-0.15, -0.1) is 0 Å². The van der Waals surface area contributed by atoms with E-state index in [2.05, 4.69) is 9.97 Å². The zero-order chi connectivity index (χ0) is 17.8. The number of rotatable bonds is 5. The number of hydrogen-bond donors (Lipinski definition) is 1. The summed E-state index contributed by atoms with van der Waals surface area (Å²) in [5.41, 5.74) is 1.44. The number of esters is 1. The van der Waals surface area contributed by atoms with E-state index in [0.29, 0.717) is 16.7 Å². The van der Waals surface area contributed by atoms with Gasteiger partial charge in [-0.3, -0.25) is 9.59 Å². The number of aromatic nitrogens is 2. The molecule has 2 atom stereocenters. The first-order chi connectivity index (χ1) is 12.0. The van der Waals surface area contributed by atoms with Crippen molar-refractivity contribution in [3.8, 4) is 0 Å². The summed E-state index contributed by atoms with van der Waals surface area (Å²) in [6, 6.07) is 16.9. The minimum atomic E-state index is -0.618. The first kappa shape index (κ1) is 16.9. The maximum Gasteiger partial charge on any atom is 0.307 e. The van der Waals surface area contributed by atoms with Crippen LogP contribution in [0.1, 0.15) is 43.7 Å². The molecule has 25 heavy (non-hydrogen) atoms. The molecule has 0 saturated heterocycles. The van der Waals surface area contributed by atoms with Crippen LogP contribution in [-0.4, -0.2) is 15.9 Å². The van der Waals surface area contributed by atoms with Crippen molar-refractivity contribution in [3.05, 3.63) is 76.3 Å². The summed E-state index contributed by atoms with van der Waals surface area (Å²) in [5, 5.41) is 0.516. The number of carbonyl (C=O) groups is 1. The zero-order valence-electron chi connectivity index (χ0n) is 14.2. The lowest BCUT2D eigenvalue weighted by Gasteiger charge is -2.15.